The molecule has 8 heteroatoms. The number of pyridine rings is 1. The SMILES string of the molecule is [N-]=[N+]=NCC(=O)N[C@H](CF)[C@H](O)c1ccc(-c2cccnc2)cc1. The highest BCUT2D eigenvalue weighted by Gasteiger charge is 2.22. The van der Waals surface area contributed by atoms with Gasteiger partial charge in [-0.05, 0) is 28.3 Å². The molecule has 1 aromatic heterocycles. The topological polar surface area (TPSA) is 111 Å². The molecule has 0 unspecified atom stereocenters. The maximum absolute atomic E-state index is 13.1. The molecule has 2 rings (SSSR count). The van der Waals surface area contributed by atoms with Crippen molar-refractivity contribution in [2.24, 2.45) is 5.11 Å². The zero-order chi connectivity index (χ0) is 17.4. The first kappa shape index (κ1) is 17.4. The molecule has 0 saturated heterocycles. The van der Waals surface area contributed by atoms with Gasteiger partial charge in [-0.3, -0.25) is 9.78 Å². The van der Waals surface area contributed by atoms with Crippen LogP contribution < -0.4 is 5.32 Å². The third kappa shape index (κ3) is 4.52. The zero-order valence-electron chi connectivity index (χ0n) is 12.7. The van der Waals surface area contributed by atoms with Crippen LogP contribution in [0.4, 0.5) is 4.39 Å². The number of amides is 1. The molecule has 1 amide bonds. The Morgan fingerprint density at radius 1 is 1.33 bits per heavy atom. The van der Waals surface area contributed by atoms with Crippen LogP contribution in [0.5, 0.6) is 0 Å². The Morgan fingerprint density at radius 2 is 2.08 bits per heavy atom. The van der Waals surface area contributed by atoms with Gasteiger partial charge in [-0.15, -0.1) is 0 Å². The van der Waals surface area contributed by atoms with Crippen LogP contribution in [0.3, 0.4) is 0 Å². The van der Waals surface area contributed by atoms with Gasteiger partial charge in [0.1, 0.15) is 19.3 Å². The lowest BCUT2D eigenvalue weighted by molar-refractivity contribution is -0.121. The molecular weight excluding hydrogens is 313 g/mol. The summed E-state index contributed by atoms with van der Waals surface area (Å²) in [5.74, 6) is -0.651. The quantitative estimate of drug-likeness (QED) is 0.462. The van der Waals surface area contributed by atoms with Gasteiger partial charge in [0.05, 0.1) is 6.04 Å². The number of alkyl halides is 1. The zero-order valence-corrected chi connectivity index (χ0v) is 12.7. The number of halogens is 1. The number of nitrogens with one attached hydrogen (secondary N) is 1. The second kappa shape index (κ2) is 8.61. The molecule has 7 nitrogen and oxygen atoms in total. The summed E-state index contributed by atoms with van der Waals surface area (Å²) in [5, 5.41) is 15.6. The number of carbonyl (C=O) groups excluding carboxylic acids is 1. The number of aliphatic hydroxyl groups excluding tert-OH is 1. The summed E-state index contributed by atoms with van der Waals surface area (Å²) in [6.07, 6.45) is 2.17. The van der Waals surface area contributed by atoms with Gasteiger partial charge in [0.25, 0.3) is 0 Å². The van der Waals surface area contributed by atoms with Gasteiger partial charge in [-0.25, -0.2) is 4.39 Å². The minimum atomic E-state index is -1.21. The number of nitrogens with zero attached hydrogens (tertiary/aromatic N) is 4. The Kier molecular flexibility index (Phi) is 6.24. The molecule has 0 aliphatic rings. The lowest BCUT2D eigenvalue weighted by Gasteiger charge is -2.21. The van der Waals surface area contributed by atoms with E-state index in [-0.39, 0.29) is 0 Å². The summed E-state index contributed by atoms with van der Waals surface area (Å²) in [4.78, 5) is 18.0. The largest absolute Gasteiger partial charge is 0.386 e. The number of azide groups is 1. The minimum absolute atomic E-state index is 0.445. The Labute approximate surface area is 137 Å². The first-order chi connectivity index (χ1) is 11.7. The van der Waals surface area contributed by atoms with E-state index in [1.165, 1.54) is 0 Å². The predicted molar refractivity (Wildman–Crippen MR) is 86.6 cm³/mol. The van der Waals surface area contributed by atoms with Crippen LogP contribution in [-0.4, -0.2) is 35.3 Å². The third-order valence-electron chi connectivity index (χ3n) is 3.42. The standard InChI is InChI=1S/C16H16FN5O2/c17-8-14(21-15(23)10-20-22-18)16(24)12-5-3-11(4-6-12)13-2-1-7-19-9-13/h1-7,9,14,16,24H,8,10H2,(H,21,23)/t14-,16-/m1/s1. The lowest BCUT2D eigenvalue weighted by atomic mass is 9.99. The van der Waals surface area contributed by atoms with E-state index in [9.17, 15) is 14.3 Å². The number of aromatic nitrogens is 1. The molecule has 124 valence electrons. The number of hydrogen-bond donors (Lipinski definition) is 2. The van der Waals surface area contributed by atoms with Crippen molar-refractivity contribution in [1.29, 1.82) is 0 Å². The average Bonchev–Trinajstić information content (AvgIpc) is 2.64. The van der Waals surface area contributed by atoms with Gasteiger partial charge in [0, 0.05) is 17.3 Å². The molecule has 0 bridgehead atoms. The lowest BCUT2D eigenvalue weighted by Crippen LogP contribution is -2.41. The molecule has 0 aliphatic heterocycles. The summed E-state index contributed by atoms with van der Waals surface area (Å²) < 4.78 is 13.1. The number of hydrogen-bond acceptors (Lipinski definition) is 4. The van der Waals surface area contributed by atoms with Crippen molar-refractivity contribution in [3.8, 4) is 11.1 Å². The molecular formula is C16H16FN5O2. The second-order valence-electron chi connectivity index (χ2n) is 5.03. The number of aliphatic hydroxyl groups is 1. The highest BCUT2D eigenvalue weighted by atomic mass is 19.1. The van der Waals surface area contributed by atoms with E-state index >= 15 is 0 Å². The summed E-state index contributed by atoms with van der Waals surface area (Å²) >= 11 is 0. The van der Waals surface area contributed by atoms with E-state index in [0.717, 1.165) is 11.1 Å². The first-order valence-corrected chi connectivity index (χ1v) is 7.20. The van der Waals surface area contributed by atoms with Gasteiger partial charge in [-0.2, -0.15) is 0 Å². The smallest absolute Gasteiger partial charge is 0.226 e. The first-order valence-electron chi connectivity index (χ1n) is 7.20. The van der Waals surface area contributed by atoms with E-state index in [1.54, 1.807) is 36.7 Å². The number of rotatable bonds is 7. The van der Waals surface area contributed by atoms with E-state index in [0.29, 0.717) is 5.56 Å². The highest BCUT2D eigenvalue weighted by Crippen LogP contribution is 2.23. The summed E-state index contributed by atoms with van der Waals surface area (Å²) in [7, 11) is 0. The third-order valence-corrected chi connectivity index (χ3v) is 3.42. The molecule has 0 saturated carbocycles. The Balaban J connectivity index is 2.08. The van der Waals surface area contributed by atoms with Gasteiger partial charge in [-0.1, -0.05) is 35.4 Å². The monoisotopic (exact) mass is 329 g/mol. The normalized spacial score (nSPS) is 12.8. The van der Waals surface area contributed by atoms with Crippen LogP contribution in [0.2, 0.25) is 0 Å². The molecule has 0 radical (unpaired) electrons. The van der Waals surface area contributed by atoms with E-state index in [2.05, 4.69) is 20.3 Å². The second-order valence-corrected chi connectivity index (χ2v) is 5.03. The minimum Gasteiger partial charge on any atom is -0.386 e. The van der Waals surface area contributed by atoms with Crippen LogP contribution in [0.25, 0.3) is 21.6 Å². The fraction of sp³-hybridized carbons (Fsp3) is 0.250. The van der Waals surface area contributed by atoms with E-state index < -0.39 is 31.3 Å². The molecule has 2 aromatic rings. The highest BCUT2D eigenvalue weighted by molar-refractivity contribution is 5.78. The van der Waals surface area contributed by atoms with Crippen LogP contribution in [0.1, 0.15) is 11.7 Å². The van der Waals surface area contributed by atoms with Gasteiger partial charge in [0.2, 0.25) is 5.91 Å². The molecule has 24 heavy (non-hydrogen) atoms. The van der Waals surface area contributed by atoms with Crippen molar-refractivity contribution in [2.45, 2.75) is 12.1 Å². The Morgan fingerprint density at radius 3 is 2.67 bits per heavy atom. The molecule has 1 aromatic carbocycles. The van der Waals surface area contributed by atoms with Crippen molar-refractivity contribution in [3.63, 3.8) is 0 Å². The molecule has 0 aliphatic carbocycles. The molecule has 1 heterocycles. The van der Waals surface area contributed by atoms with Gasteiger partial charge >= 0.3 is 0 Å². The van der Waals surface area contributed by atoms with Crippen molar-refractivity contribution in [1.82, 2.24) is 10.3 Å². The predicted octanol–water partition coefficient (Wildman–Crippen LogP) is 2.55. The molecule has 0 spiro atoms. The Hall–Kier alpha value is -2.96. The summed E-state index contributed by atoms with van der Waals surface area (Å²) in [6.45, 7) is -1.40. The van der Waals surface area contributed by atoms with Crippen molar-refractivity contribution in [3.05, 3.63) is 64.8 Å². The van der Waals surface area contributed by atoms with E-state index in [4.69, 9.17) is 5.53 Å². The van der Waals surface area contributed by atoms with Crippen LogP contribution in [0, 0.1) is 0 Å². The van der Waals surface area contributed by atoms with Crippen molar-refractivity contribution >= 4 is 5.91 Å². The van der Waals surface area contributed by atoms with Crippen molar-refractivity contribution in [2.75, 3.05) is 13.2 Å². The molecule has 2 N–H and O–H groups in total. The van der Waals surface area contributed by atoms with Gasteiger partial charge < -0.3 is 10.4 Å². The molecule has 0 fully saturated rings. The fourth-order valence-electron chi connectivity index (χ4n) is 2.19. The number of carbonyl (C=O) groups is 1. The molecule has 2 atom stereocenters. The maximum Gasteiger partial charge on any atom is 0.226 e. The van der Waals surface area contributed by atoms with Crippen LogP contribution >= 0.6 is 0 Å². The Bertz CT molecular complexity index is 717. The van der Waals surface area contributed by atoms with Crippen molar-refractivity contribution < 1.29 is 14.3 Å². The number of benzene rings is 1. The fourth-order valence-corrected chi connectivity index (χ4v) is 2.19. The van der Waals surface area contributed by atoms with Crippen LogP contribution in [0.15, 0.2) is 53.9 Å². The summed E-state index contributed by atoms with van der Waals surface area (Å²) in [5.41, 5.74) is 10.5. The summed E-state index contributed by atoms with van der Waals surface area (Å²) in [6, 6.07) is 9.49. The maximum atomic E-state index is 13.1. The van der Waals surface area contributed by atoms with Crippen LogP contribution in [-0.2, 0) is 4.79 Å². The van der Waals surface area contributed by atoms with E-state index in [1.807, 2.05) is 12.1 Å². The van der Waals surface area contributed by atoms with Gasteiger partial charge in [0.15, 0.2) is 0 Å². The average molecular weight is 329 g/mol.